The van der Waals surface area contributed by atoms with E-state index in [0.29, 0.717) is 67.3 Å². The van der Waals surface area contributed by atoms with Crippen molar-refractivity contribution < 1.29 is 23.7 Å². The van der Waals surface area contributed by atoms with Gasteiger partial charge in [-0.05, 0) is 74.6 Å². The fraction of sp³-hybridized carbons (Fsp3) is 0.588. The van der Waals surface area contributed by atoms with Gasteiger partial charge in [-0.15, -0.1) is 22.6 Å². The van der Waals surface area contributed by atoms with E-state index in [1.807, 2.05) is 29.9 Å². The van der Waals surface area contributed by atoms with E-state index in [1.165, 1.54) is 0 Å². The number of ether oxygens (including phenoxy) is 5. The summed E-state index contributed by atoms with van der Waals surface area (Å²) in [4.78, 5) is 11.8. The third-order valence-electron chi connectivity index (χ3n) is 8.93. The molecule has 1 aliphatic carbocycles. The summed E-state index contributed by atoms with van der Waals surface area (Å²) in [6, 6.07) is 6.44. The van der Waals surface area contributed by atoms with E-state index in [2.05, 4.69) is 49.6 Å². The highest BCUT2D eigenvalue weighted by molar-refractivity contribution is 6.32. The van der Waals surface area contributed by atoms with Crippen molar-refractivity contribution in [3.63, 3.8) is 0 Å². The van der Waals surface area contributed by atoms with Crippen LogP contribution in [-0.4, -0.2) is 116 Å². The van der Waals surface area contributed by atoms with Gasteiger partial charge in [0, 0.05) is 44.2 Å². The van der Waals surface area contributed by atoms with Crippen LogP contribution in [0.4, 0.5) is 11.6 Å². The molecule has 4 aromatic rings. The summed E-state index contributed by atoms with van der Waals surface area (Å²) in [7, 11) is 1.65. The number of nitrogens with one attached hydrogen (secondary N) is 1. The van der Waals surface area contributed by atoms with Crippen molar-refractivity contribution >= 4 is 35.6 Å². The first-order valence-corrected chi connectivity index (χ1v) is 17.7. The second kappa shape index (κ2) is 18.8. The minimum Gasteiger partial charge on any atom is -0.487 e. The molecule has 3 atom stereocenters. The summed E-state index contributed by atoms with van der Waals surface area (Å²) in [5.41, 5.74) is 2.38. The van der Waals surface area contributed by atoms with Crippen molar-refractivity contribution in [1.29, 1.82) is 0 Å². The molecule has 2 aliphatic rings. The first-order chi connectivity index (χ1) is 24.3. The SMILES string of the molecule is COCCOCCOc1nn(C2CCC(N3C[C@@H](C)O[C@@H](C)C3)CC2)cc1Nc1ncc(-c2ccc(Cl)c(OC(C)Cn3cnnn3)c2)cn1.Cl. The van der Waals surface area contributed by atoms with E-state index >= 15 is 0 Å². The highest BCUT2D eigenvalue weighted by atomic mass is 35.5. The third-order valence-corrected chi connectivity index (χ3v) is 9.24. The van der Waals surface area contributed by atoms with Crippen LogP contribution in [0.2, 0.25) is 5.02 Å². The van der Waals surface area contributed by atoms with E-state index in [0.717, 1.165) is 49.9 Å². The number of benzene rings is 1. The monoisotopic (exact) mass is 746 g/mol. The average Bonchev–Trinajstić information content (AvgIpc) is 3.77. The molecule has 1 N–H and O–H groups in total. The second-order valence-corrected chi connectivity index (χ2v) is 13.4. The van der Waals surface area contributed by atoms with Crippen molar-refractivity contribution in [2.24, 2.45) is 0 Å². The summed E-state index contributed by atoms with van der Waals surface area (Å²) >= 11 is 6.47. The summed E-state index contributed by atoms with van der Waals surface area (Å²) in [5.74, 6) is 1.46. The molecule has 0 radical (unpaired) electrons. The lowest BCUT2D eigenvalue weighted by Gasteiger charge is -2.42. The molecule has 2 fully saturated rings. The Morgan fingerprint density at radius 1 is 0.980 bits per heavy atom. The summed E-state index contributed by atoms with van der Waals surface area (Å²) in [6.45, 7) is 10.5. The summed E-state index contributed by atoms with van der Waals surface area (Å²) in [6.07, 6.45) is 11.7. The van der Waals surface area contributed by atoms with Gasteiger partial charge in [0.15, 0.2) is 0 Å². The van der Waals surface area contributed by atoms with E-state index in [1.54, 1.807) is 36.6 Å². The Labute approximate surface area is 309 Å². The Balaban J connectivity index is 0.00000504. The van der Waals surface area contributed by atoms with Gasteiger partial charge in [-0.1, -0.05) is 17.7 Å². The van der Waals surface area contributed by atoms with Crippen LogP contribution < -0.4 is 14.8 Å². The summed E-state index contributed by atoms with van der Waals surface area (Å²) in [5, 5.41) is 19.9. The first-order valence-electron chi connectivity index (χ1n) is 17.3. The molecule has 1 aromatic carbocycles. The van der Waals surface area contributed by atoms with E-state index in [4.69, 9.17) is 40.4 Å². The molecule has 1 unspecified atom stereocenters. The van der Waals surface area contributed by atoms with Gasteiger partial charge in [-0.25, -0.2) is 14.6 Å². The minimum atomic E-state index is -0.212. The van der Waals surface area contributed by atoms with Crippen LogP contribution in [0.15, 0.2) is 43.1 Å². The molecule has 17 heteroatoms. The number of anilines is 2. The van der Waals surface area contributed by atoms with Crippen LogP contribution in [0, 0.1) is 0 Å². The maximum absolute atomic E-state index is 6.47. The Bertz CT molecular complexity index is 1610. The molecule has 1 saturated heterocycles. The van der Waals surface area contributed by atoms with Crippen molar-refractivity contribution in [3.8, 4) is 22.8 Å². The molecule has 1 saturated carbocycles. The van der Waals surface area contributed by atoms with Crippen LogP contribution in [0.25, 0.3) is 11.1 Å². The third kappa shape index (κ3) is 10.7. The summed E-state index contributed by atoms with van der Waals surface area (Å²) < 4.78 is 32.5. The lowest BCUT2D eigenvalue weighted by molar-refractivity contribution is -0.0852. The smallest absolute Gasteiger partial charge is 0.257 e. The van der Waals surface area contributed by atoms with Crippen molar-refractivity contribution in [3.05, 3.63) is 48.1 Å². The van der Waals surface area contributed by atoms with E-state index in [9.17, 15) is 0 Å². The zero-order valence-electron chi connectivity index (χ0n) is 29.6. The fourth-order valence-corrected chi connectivity index (χ4v) is 6.78. The maximum atomic E-state index is 6.47. The maximum Gasteiger partial charge on any atom is 0.257 e. The normalized spacial score (nSPS) is 21.5. The molecule has 51 heavy (non-hydrogen) atoms. The highest BCUT2D eigenvalue weighted by Gasteiger charge is 2.32. The van der Waals surface area contributed by atoms with Gasteiger partial charge in [0.25, 0.3) is 5.88 Å². The number of tetrazole rings is 1. The molecule has 278 valence electrons. The zero-order chi connectivity index (χ0) is 34.9. The number of aromatic nitrogens is 8. The van der Waals surface area contributed by atoms with Gasteiger partial charge in [0.2, 0.25) is 5.95 Å². The largest absolute Gasteiger partial charge is 0.487 e. The van der Waals surface area contributed by atoms with Crippen molar-refractivity contribution in [1.82, 2.24) is 44.9 Å². The number of halogens is 2. The second-order valence-electron chi connectivity index (χ2n) is 13.0. The standard InChI is InChI=1S/C34H47ClN10O5.ClH/c1-23-18-43(19-24(2)49-23)28-6-8-29(9-7-28)45-21-31(33(40-45)48-14-13-47-12-11-46-4)39-34-36-16-27(17-37-34)26-5-10-30(35)32(15-26)50-25(3)20-44-22-38-41-42-44;/h5,10,15-17,21-25,28-29H,6-9,11-14,18-20H2,1-4H3,(H,36,37,39);1H/t23-,24+,25?,28?,29?;. The minimum absolute atomic E-state index is 0. The molecule has 1 aliphatic heterocycles. The molecular formula is C34H48Cl2N10O5. The molecule has 4 heterocycles. The average molecular weight is 748 g/mol. The lowest BCUT2D eigenvalue weighted by atomic mass is 9.89. The van der Waals surface area contributed by atoms with Gasteiger partial charge in [0.05, 0.1) is 55.8 Å². The Morgan fingerprint density at radius 2 is 1.71 bits per heavy atom. The number of nitrogens with zero attached hydrogens (tertiary/aromatic N) is 9. The predicted octanol–water partition coefficient (Wildman–Crippen LogP) is 5.25. The van der Waals surface area contributed by atoms with Crippen LogP contribution in [-0.2, 0) is 20.8 Å². The Morgan fingerprint density at radius 3 is 2.41 bits per heavy atom. The quantitative estimate of drug-likeness (QED) is 0.149. The first kappa shape index (κ1) is 38.6. The highest BCUT2D eigenvalue weighted by Crippen LogP contribution is 2.36. The fourth-order valence-electron chi connectivity index (χ4n) is 6.62. The van der Waals surface area contributed by atoms with Crippen LogP contribution in [0.3, 0.4) is 0 Å². The van der Waals surface area contributed by atoms with Gasteiger partial charge >= 0.3 is 0 Å². The van der Waals surface area contributed by atoms with Crippen molar-refractivity contribution in [2.45, 2.75) is 83.4 Å². The number of rotatable bonds is 16. The molecule has 6 rings (SSSR count). The van der Waals surface area contributed by atoms with E-state index in [-0.39, 0.29) is 36.8 Å². The van der Waals surface area contributed by atoms with Crippen LogP contribution in [0.1, 0.15) is 52.5 Å². The molecule has 15 nitrogen and oxygen atoms in total. The van der Waals surface area contributed by atoms with Gasteiger partial charge in [-0.2, -0.15) is 0 Å². The zero-order valence-corrected chi connectivity index (χ0v) is 31.1. The molecule has 0 amide bonds. The van der Waals surface area contributed by atoms with Gasteiger partial charge in [0.1, 0.15) is 30.5 Å². The van der Waals surface area contributed by atoms with E-state index < -0.39 is 0 Å². The number of hydrogen-bond donors (Lipinski definition) is 1. The van der Waals surface area contributed by atoms with Crippen LogP contribution >= 0.6 is 24.0 Å². The number of methoxy groups -OCH3 is 1. The number of hydrogen-bond acceptors (Lipinski definition) is 13. The topological polar surface area (TPSA) is 149 Å². The predicted molar refractivity (Wildman–Crippen MR) is 194 cm³/mol. The molecule has 0 spiro atoms. The Hall–Kier alpha value is -3.60. The lowest BCUT2D eigenvalue weighted by Crippen LogP contribution is -2.51. The number of morpholine rings is 1. The van der Waals surface area contributed by atoms with Crippen molar-refractivity contribution in [2.75, 3.05) is 51.9 Å². The van der Waals surface area contributed by atoms with Gasteiger partial charge in [-0.3, -0.25) is 9.58 Å². The molecule has 0 bridgehead atoms. The molecule has 3 aromatic heterocycles. The molecular weight excluding hydrogens is 699 g/mol. The Kier molecular flexibility index (Phi) is 14.2. The van der Waals surface area contributed by atoms with Gasteiger partial charge < -0.3 is 29.0 Å². The van der Waals surface area contributed by atoms with Crippen LogP contribution in [0.5, 0.6) is 11.6 Å².